The topological polar surface area (TPSA) is 32.3 Å². The molecule has 0 aromatic heterocycles. The SMILES string of the molecule is O=C(NCCCN1CCCc2ccccc21)c1ccccc1CCc1ccccc1. The van der Waals surface area contributed by atoms with E-state index in [1.165, 1.54) is 29.7 Å². The van der Waals surface area contributed by atoms with Crippen molar-refractivity contribution in [3.8, 4) is 0 Å². The molecule has 0 aliphatic carbocycles. The Labute approximate surface area is 179 Å². The molecule has 3 aromatic carbocycles. The molecular weight excluding hydrogens is 368 g/mol. The molecule has 0 bridgehead atoms. The van der Waals surface area contributed by atoms with Gasteiger partial charge in [0.25, 0.3) is 5.91 Å². The van der Waals surface area contributed by atoms with Crippen LogP contribution >= 0.6 is 0 Å². The van der Waals surface area contributed by atoms with Gasteiger partial charge in [0.2, 0.25) is 0 Å². The van der Waals surface area contributed by atoms with Crippen molar-refractivity contribution in [1.29, 1.82) is 0 Å². The van der Waals surface area contributed by atoms with E-state index in [0.29, 0.717) is 6.54 Å². The third-order valence-electron chi connectivity index (χ3n) is 5.88. The van der Waals surface area contributed by atoms with E-state index in [2.05, 4.69) is 64.8 Å². The second kappa shape index (κ2) is 10.1. The third-order valence-corrected chi connectivity index (χ3v) is 5.88. The second-order valence-corrected chi connectivity index (χ2v) is 7.97. The fourth-order valence-electron chi connectivity index (χ4n) is 4.29. The van der Waals surface area contributed by atoms with Gasteiger partial charge in [-0.2, -0.15) is 0 Å². The lowest BCUT2D eigenvalue weighted by atomic mass is 9.99. The van der Waals surface area contributed by atoms with E-state index in [1.54, 1.807) is 0 Å². The van der Waals surface area contributed by atoms with Crippen molar-refractivity contribution in [2.45, 2.75) is 32.1 Å². The van der Waals surface area contributed by atoms with Gasteiger partial charge in [-0.15, -0.1) is 0 Å². The van der Waals surface area contributed by atoms with E-state index >= 15 is 0 Å². The smallest absolute Gasteiger partial charge is 0.251 e. The summed E-state index contributed by atoms with van der Waals surface area (Å²) in [4.78, 5) is 15.3. The van der Waals surface area contributed by atoms with E-state index < -0.39 is 0 Å². The van der Waals surface area contributed by atoms with Gasteiger partial charge in [-0.3, -0.25) is 4.79 Å². The minimum Gasteiger partial charge on any atom is -0.371 e. The zero-order chi connectivity index (χ0) is 20.6. The van der Waals surface area contributed by atoms with Gasteiger partial charge in [0.15, 0.2) is 0 Å². The number of nitrogens with zero attached hydrogens (tertiary/aromatic N) is 1. The quantitative estimate of drug-likeness (QED) is 0.539. The van der Waals surface area contributed by atoms with Crippen LogP contribution in [0.5, 0.6) is 0 Å². The summed E-state index contributed by atoms with van der Waals surface area (Å²) in [6.45, 7) is 2.78. The Morgan fingerprint density at radius 1 is 0.867 bits per heavy atom. The summed E-state index contributed by atoms with van der Waals surface area (Å²) < 4.78 is 0. The predicted molar refractivity (Wildman–Crippen MR) is 124 cm³/mol. The summed E-state index contributed by atoms with van der Waals surface area (Å²) in [5.41, 5.74) is 6.02. The molecule has 0 spiro atoms. The van der Waals surface area contributed by atoms with Crippen LogP contribution in [-0.4, -0.2) is 25.5 Å². The molecule has 30 heavy (non-hydrogen) atoms. The molecule has 1 amide bonds. The Bertz CT molecular complexity index is 967. The Kier molecular flexibility index (Phi) is 6.81. The molecule has 0 atom stereocenters. The van der Waals surface area contributed by atoms with Gasteiger partial charge in [-0.05, 0) is 60.9 Å². The van der Waals surface area contributed by atoms with E-state index in [-0.39, 0.29) is 5.91 Å². The fraction of sp³-hybridized carbons (Fsp3) is 0.296. The summed E-state index contributed by atoms with van der Waals surface area (Å²) in [5.74, 6) is 0.0395. The number of para-hydroxylation sites is 1. The second-order valence-electron chi connectivity index (χ2n) is 7.97. The lowest BCUT2D eigenvalue weighted by Gasteiger charge is -2.31. The highest BCUT2D eigenvalue weighted by Crippen LogP contribution is 2.26. The summed E-state index contributed by atoms with van der Waals surface area (Å²) in [7, 11) is 0. The van der Waals surface area contributed by atoms with Crippen molar-refractivity contribution in [3.63, 3.8) is 0 Å². The number of rotatable bonds is 8. The first-order chi connectivity index (χ1) is 14.8. The van der Waals surface area contributed by atoms with Crippen LogP contribution in [0.3, 0.4) is 0 Å². The van der Waals surface area contributed by atoms with Gasteiger partial charge < -0.3 is 10.2 Å². The van der Waals surface area contributed by atoms with Gasteiger partial charge in [-0.25, -0.2) is 0 Å². The lowest BCUT2D eigenvalue weighted by Crippen LogP contribution is -2.33. The number of hydrogen-bond acceptors (Lipinski definition) is 2. The van der Waals surface area contributed by atoms with Gasteiger partial charge in [0.05, 0.1) is 0 Å². The molecule has 1 aliphatic rings. The van der Waals surface area contributed by atoms with E-state index in [1.807, 2.05) is 24.3 Å². The van der Waals surface area contributed by atoms with Crippen molar-refractivity contribution in [1.82, 2.24) is 5.32 Å². The highest BCUT2D eigenvalue weighted by atomic mass is 16.1. The molecule has 0 unspecified atom stereocenters. The number of hydrogen-bond donors (Lipinski definition) is 1. The molecule has 0 saturated carbocycles. The van der Waals surface area contributed by atoms with Crippen LogP contribution in [0.2, 0.25) is 0 Å². The molecule has 3 aromatic rings. The average molecular weight is 399 g/mol. The van der Waals surface area contributed by atoms with Gasteiger partial charge >= 0.3 is 0 Å². The molecule has 1 heterocycles. The molecule has 3 heteroatoms. The Morgan fingerprint density at radius 2 is 1.63 bits per heavy atom. The Balaban J connectivity index is 1.29. The van der Waals surface area contributed by atoms with E-state index in [0.717, 1.165) is 43.5 Å². The zero-order valence-electron chi connectivity index (χ0n) is 17.5. The van der Waals surface area contributed by atoms with Crippen molar-refractivity contribution in [2.24, 2.45) is 0 Å². The molecule has 1 aliphatic heterocycles. The standard InChI is InChI=1S/C27H30N2O/c30-27(25-15-6-4-12-23(25)18-17-22-10-2-1-3-11-22)28-19-9-21-29-20-8-14-24-13-5-7-16-26(24)29/h1-7,10-13,15-16H,8-9,14,17-21H2,(H,28,30). The normalized spacial score (nSPS) is 13.0. The van der Waals surface area contributed by atoms with Crippen LogP contribution in [0.1, 0.15) is 39.9 Å². The fourth-order valence-corrected chi connectivity index (χ4v) is 4.29. The number of fused-ring (bicyclic) bond motifs is 1. The molecule has 4 rings (SSSR count). The van der Waals surface area contributed by atoms with Gasteiger partial charge in [0, 0.05) is 30.9 Å². The number of anilines is 1. The minimum absolute atomic E-state index is 0.0395. The Morgan fingerprint density at radius 3 is 2.53 bits per heavy atom. The number of carbonyl (C=O) groups is 1. The van der Waals surface area contributed by atoms with Crippen LogP contribution < -0.4 is 10.2 Å². The molecule has 3 nitrogen and oxygen atoms in total. The first-order valence-corrected chi connectivity index (χ1v) is 11.0. The molecule has 0 fully saturated rings. The first-order valence-electron chi connectivity index (χ1n) is 11.0. The molecular formula is C27H30N2O. The van der Waals surface area contributed by atoms with Crippen LogP contribution in [0.25, 0.3) is 0 Å². The predicted octanol–water partition coefficient (Wildman–Crippen LogP) is 5.04. The highest BCUT2D eigenvalue weighted by molar-refractivity contribution is 5.95. The first kappa shape index (κ1) is 20.2. The molecule has 154 valence electrons. The number of amides is 1. The molecule has 0 saturated heterocycles. The number of carbonyl (C=O) groups excluding carboxylic acids is 1. The van der Waals surface area contributed by atoms with Crippen molar-refractivity contribution in [3.05, 3.63) is 101 Å². The molecule has 1 N–H and O–H groups in total. The van der Waals surface area contributed by atoms with Crippen LogP contribution in [0.4, 0.5) is 5.69 Å². The van der Waals surface area contributed by atoms with Crippen molar-refractivity contribution < 1.29 is 4.79 Å². The summed E-state index contributed by atoms with van der Waals surface area (Å²) in [6.07, 6.45) is 5.14. The van der Waals surface area contributed by atoms with Crippen LogP contribution in [-0.2, 0) is 19.3 Å². The van der Waals surface area contributed by atoms with Gasteiger partial charge in [-0.1, -0.05) is 66.7 Å². The van der Waals surface area contributed by atoms with E-state index in [9.17, 15) is 4.79 Å². The van der Waals surface area contributed by atoms with Gasteiger partial charge in [0.1, 0.15) is 0 Å². The van der Waals surface area contributed by atoms with Crippen molar-refractivity contribution in [2.75, 3.05) is 24.5 Å². The maximum absolute atomic E-state index is 12.8. The van der Waals surface area contributed by atoms with Crippen LogP contribution in [0.15, 0.2) is 78.9 Å². The number of benzene rings is 3. The summed E-state index contributed by atoms with van der Waals surface area (Å²) in [5, 5.41) is 3.14. The third kappa shape index (κ3) is 5.10. The number of nitrogens with one attached hydrogen (secondary N) is 1. The summed E-state index contributed by atoms with van der Waals surface area (Å²) >= 11 is 0. The Hall–Kier alpha value is -3.07. The molecule has 0 radical (unpaired) electrons. The number of aryl methyl sites for hydroxylation is 3. The van der Waals surface area contributed by atoms with Crippen molar-refractivity contribution >= 4 is 11.6 Å². The van der Waals surface area contributed by atoms with Crippen LogP contribution in [0, 0.1) is 0 Å². The maximum atomic E-state index is 12.8. The maximum Gasteiger partial charge on any atom is 0.251 e. The average Bonchev–Trinajstić information content (AvgIpc) is 2.81. The monoisotopic (exact) mass is 398 g/mol. The zero-order valence-corrected chi connectivity index (χ0v) is 17.5. The largest absolute Gasteiger partial charge is 0.371 e. The highest BCUT2D eigenvalue weighted by Gasteiger charge is 2.16. The summed E-state index contributed by atoms with van der Waals surface area (Å²) in [6, 6.07) is 27.1. The van der Waals surface area contributed by atoms with E-state index in [4.69, 9.17) is 0 Å². The minimum atomic E-state index is 0.0395. The lowest BCUT2D eigenvalue weighted by molar-refractivity contribution is 0.0952.